The Morgan fingerprint density at radius 2 is 1.83 bits per heavy atom. The molecule has 0 aromatic rings. The zero-order valence-electron chi connectivity index (χ0n) is 8.47. The van der Waals surface area contributed by atoms with Gasteiger partial charge in [0.1, 0.15) is 5.78 Å². The van der Waals surface area contributed by atoms with Gasteiger partial charge in [0, 0.05) is 5.92 Å². The Labute approximate surface area is 75.5 Å². The lowest BCUT2D eigenvalue weighted by molar-refractivity contribution is -0.122. The molecule has 0 aromatic heterocycles. The van der Waals surface area contributed by atoms with Crippen molar-refractivity contribution in [3.63, 3.8) is 0 Å². The zero-order valence-corrected chi connectivity index (χ0v) is 8.47. The normalized spacial score (nSPS) is 37.4. The molecule has 0 heterocycles. The first-order chi connectivity index (χ1) is 5.77. The van der Waals surface area contributed by atoms with Gasteiger partial charge in [-0.1, -0.05) is 20.3 Å². The van der Waals surface area contributed by atoms with Crippen molar-refractivity contribution in [2.45, 2.75) is 46.5 Å². The smallest absolute Gasteiger partial charge is 0.133 e. The topological polar surface area (TPSA) is 17.1 Å². The van der Waals surface area contributed by atoms with Crippen molar-refractivity contribution in [1.29, 1.82) is 0 Å². The van der Waals surface area contributed by atoms with Gasteiger partial charge in [-0.15, -0.1) is 0 Å². The largest absolute Gasteiger partial charge is 0.300 e. The number of rotatable bonds is 1. The van der Waals surface area contributed by atoms with Crippen LogP contribution in [0.4, 0.5) is 0 Å². The molecule has 2 rings (SSSR count). The Bertz CT molecular complexity index is 162. The Hall–Kier alpha value is -0.330. The molecule has 70 valence electrons. The van der Waals surface area contributed by atoms with E-state index in [2.05, 4.69) is 0 Å². The number of fused-ring (bicyclic) bond motifs is 2. The van der Waals surface area contributed by atoms with E-state index < -0.39 is 0 Å². The van der Waals surface area contributed by atoms with E-state index in [1.807, 2.05) is 13.8 Å². The second kappa shape index (κ2) is 4.06. The Morgan fingerprint density at radius 1 is 1.17 bits per heavy atom. The van der Waals surface area contributed by atoms with E-state index in [1.54, 1.807) is 6.92 Å². The molecule has 0 amide bonds. The molecule has 1 heteroatoms. The van der Waals surface area contributed by atoms with Crippen LogP contribution in [-0.4, -0.2) is 5.78 Å². The number of carbonyl (C=O) groups is 1. The minimum absolute atomic E-state index is 0.437. The predicted octanol–water partition coefficient (Wildman–Crippen LogP) is 3.04. The van der Waals surface area contributed by atoms with Crippen molar-refractivity contribution in [1.82, 2.24) is 0 Å². The second-order valence-electron chi connectivity index (χ2n) is 3.89. The fraction of sp³-hybridized carbons (Fsp3) is 0.909. The van der Waals surface area contributed by atoms with Crippen LogP contribution >= 0.6 is 0 Å². The molecule has 2 aliphatic rings. The molecular formula is C11H20O. The summed E-state index contributed by atoms with van der Waals surface area (Å²) in [6.45, 7) is 5.76. The molecule has 2 bridgehead atoms. The van der Waals surface area contributed by atoms with Crippen LogP contribution in [0, 0.1) is 17.8 Å². The molecule has 1 nitrogen and oxygen atoms in total. The maximum absolute atomic E-state index is 11.0. The van der Waals surface area contributed by atoms with Gasteiger partial charge >= 0.3 is 0 Å². The zero-order chi connectivity index (χ0) is 9.14. The van der Waals surface area contributed by atoms with Crippen LogP contribution in [0.2, 0.25) is 0 Å². The summed E-state index contributed by atoms with van der Waals surface area (Å²) in [5, 5.41) is 0. The van der Waals surface area contributed by atoms with Crippen LogP contribution in [0.3, 0.4) is 0 Å². The summed E-state index contributed by atoms with van der Waals surface area (Å²) in [6, 6.07) is 0. The van der Waals surface area contributed by atoms with E-state index in [9.17, 15) is 4.79 Å². The molecule has 2 saturated carbocycles. The minimum Gasteiger partial charge on any atom is -0.300 e. The van der Waals surface area contributed by atoms with E-state index >= 15 is 0 Å². The van der Waals surface area contributed by atoms with Crippen LogP contribution in [-0.2, 0) is 4.79 Å². The molecule has 0 N–H and O–H groups in total. The summed E-state index contributed by atoms with van der Waals surface area (Å²) >= 11 is 0. The minimum atomic E-state index is 0.437. The molecule has 0 radical (unpaired) electrons. The first-order valence-electron chi connectivity index (χ1n) is 5.28. The molecule has 0 aromatic carbocycles. The van der Waals surface area contributed by atoms with E-state index in [4.69, 9.17) is 0 Å². The number of ketones is 1. The molecule has 12 heavy (non-hydrogen) atoms. The van der Waals surface area contributed by atoms with E-state index in [0.29, 0.717) is 11.7 Å². The van der Waals surface area contributed by atoms with Gasteiger partial charge in [0.05, 0.1) is 0 Å². The highest BCUT2D eigenvalue weighted by atomic mass is 16.1. The SMILES string of the molecule is CC.CC(=O)C1CC2CCC1C2. The summed E-state index contributed by atoms with van der Waals surface area (Å²) in [7, 11) is 0. The predicted molar refractivity (Wildman–Crippen MR) is 51.0 cm³/mol. The molecule has 3 atom stereocenters. The summed E-state index contributed by atoms with van der Waals surface area (Å²) in [4.78, 5) is 11.0. The van der Waals surface area contributed by atoms with Gasteiger partial charge in [0.2, 0.25) is 0 Å². The summed E-state index contributed by atoms with van der Waals surface area (Å²) < 4.78 is 0. The fourth-order valence-corrected chi connectivity index (χ4v) is 2.74. The summed E-state index contributed by atoms with van der Waals surface area (Å²) in [5.74, 6) is 2.59. The van der Waals surface area contributed by atoms with E-state index in [1.165, 1.54) is 25.7 Å². The highest BCUT2D eigenvalue weighted by Gasteiger charge is 2.41. The highest BCUT2D eigenvalue weighted by Crippen LogP contribution is 2.48. The van der Waals surface area contributed by atoms with Crippen molar-refractivity contribution in [2.75, 3.05) is 0 Å². The first-order valence-corrected chi connectivity index (χ1v) is 5.28. The van der Waals surface area contributed by atoms with Gasteiger partial charge in [-0.25, -0.2) is 0 Å². The standard InChI is InChI=1S/C9H14O.C2H6/c1-6(10)9-5-7-2-3-8(9)4-7;1-2/h7-9H,2-5H2,1H3;1-2H3. The first kappa shape index (κ1) is 9.76. The number of Topliss-reactive ketones (excluding diaryl/α,β-unsaturated/α-hetero) is 1. The maximum Gasteiger partial charge on any atom is 0.133 e. The fourth-order valence-electron chi connectivity index (χ4n) is 2.74. The molecule has 0 saturated heterocycles. The molecule has 2 aliphatic carbocycles. The molecule has 3 unspecified atom stereocenters. The Kier molecular flexibility index (Phi) is 3.30. The Morgan fingerprint density at radius 3 is 2.08 bits per heavy atom. The van der Waals surface area contributed by atoms with Crippen LogP contribution in [0.5, 0.6) is 0 Å². The van der Waals surface area contributed by atoms with Gasteiger partial charge in [-0.05, 0) is 38.0 Å². The van der Waals surface area contributed by atoms with Crippen molar-refractivity contribution in [3.8, 4) is 0 Å². The number of hydrogen-bond acceptors (Lipinski definition) is 1. The third kappa shape index (κ3) is 1.70. The Balaban J connectivity index is 0.000000336. The summed E-state index contributed by atoms with van der Waals surface area (Å²) in [5.41, 5.74) is 0. The van der Waals surface area contributed by atoms with Gasteiger partial charge in [0.15, 0.2) is 0 Å². The highest BCUT2D eigenvalue weighted by molar-refractivity contribution is 5.79. The second-order valence-corrected chi connectivity index (χ2v) is 3.89. The molecular weight excluding hydrogens is 148 g/mol. The average molecular weight is 168 g/mol. The lowest BCUT2D eigenvalue weighted by Crippen LogP contribution is -2.17. The third-order valence-corrected chi connectivity index (χ3v) is 3.26. The van der Waals surface area contributed by atoms with Gasteiger partial charge in [-0.2, -0.15) is 0 Å². The lowest BCUT2D eigenvalue weighted by Gasteiger charge is -2.17. The lowest BCUT2D eigenvalue weighted by atomic mass is 9.86. The molecule has 0 aliphatic heterocycles. The summed E-state index contributed by atoms with van der Waals surface area (Å²) in [6.07, 6.45) is 5.29. The van der Waals surface area contributed by atoms with Crippen molar-refractivity contribution in [2.24, 2.45) is 17.8 Å². The quantitative estimate of drug-likeness (QED) is 0.588. The van der Waals surface area contributed by atoms with Crippen molar-refractivity contribution in [3.05, 3.63) is 0 Å². The third-order valence-electron chi connectivity index (χ3n) is 3.26. The van der Waals surface area contributed by atoms with Crippen LogP contribution in [0.25, 0.3) is 0 Å². The van der Waals surface area contributed by atoms with Gasteiger partial charge in [0.25, 0.3) is 0 Å². The van der Waals surface area contributed by atoms with E-state index in [-0.39, 0.29) is 0 Å². The van der Waals surface area contributed by atoms with Gasteiger partial charge < -0.3 is 0 Å². The van der Waals surface area contributed by atoms with Crippen LogP contribution < -0.4 is 0 Å². The number of hydrogen-bond donors (Lipinski definition) is 0. The average Bonchev–Trinajstić information content (AvgIpc) is 2.67. The van der Waals surface area contributed by atoms with Crippen LogP contribution in [0.1, 0.15) is 46.5 Å². The molecule has 2 fully saturated rings. The maximum atomic E-state index is 11.0. The van der Waals surface area contributed by atoms with Gasteiger partial charge in [-0.3, -0.25) is 4.79 Å². The van der Waals surface area contributed by atoms with Crippen molar-refractivity contribution >= 4 is 5.78 Å². The van der Waals surface area contributed by atoms with Crippen LogP contribution in [0.15, 0.2) is 0 Å². The van der Waals surface area contributed by atoms with E-state index in [0.717, 1.165) is 11.8 Å². The number of carbonyl (C=O) groups excluding carboxylic acids is 1. The van der Waals surface area contributed by atoms with Crippen molar-refractivity contribution < 1.29 is 4.79 Å². The molecule has 0 spiro atoms. The monoisotopic (exact) mass is 168 g/mol.